The van der Waals surface area contributed by atoms with Crippen molar-refractivity contribution in [3.63, 3.8) is 0 Å². The number of fused-ring (bicyclic) bond motifs is 1. The third-order valence-corrected chi connectivity index (χ3v) is 6.35. The Morgan fingerprint density at radius 1 is 1.20 bits per heavy atom. The molecule has 2 aromatic heterocycles. The molecule has 1 fully saturated rings. The molecule has 0 bridgehead atoms. The van der Waals surface area contributed by atoms with Gasteiger partial charge in [0.15, 0.2) is 5.89 Å². The van der Waals surface area contributed by atoms with E-state index in [9.17, 15) is 4.79 Å². The molecule has 5 rings (SSSR count). The van der Waals surface area contributed by atoms with Crippen molar-refractivity contribution >= 4 is 22.7 Å². The van der Waals surface area contributed by atoms with E-state index < -0.39 is 6.09 Å². The number of ether oxygens (including phenoxy) is 2. The summed E-state index contributed by atoms with van der Waals surface area (Å²) in [6, 6.07) is 14.6. The second kappa shape index (κ2) is 9.49. The highest BCUT2D eigenvalue weighted by Gasteiger charge is 2.29. The van der Waals surface area contributed by atoms with Crippen LogP contribution in [0.2, 0.25) is 0 Å². The van der Waals surface area contributed by atoms with Crippen molar-refractivity contribution in [1.29, 1.82) is 0 Å². The maximum absolute atomic E-state index is 12.0. The minimum atomic E-state index is -0.460. The fourth-order valence-electron chi connectivity index (χ4n) is 4.67. The van der Waals surface area contributed by atoms with E-state index in [0.29, 0.717) is 24.2 Å². The molecule has 0 atom stereocenters. The lowest BCUT2D eigenvalue weighted by Gasteiger charge is -2.30. The van der Waals surface area contributed by atoms with Crippen LogP contribution >= 0.6 is 0 Å². The van der Waals surface area contributed by atoms with Crippen LogP contribution in [0, 0.1) is 6.92 Å². The maximum atomic E-state index is 12.0. The van der Waals surface area contributed by atoms with Gasteiger partial charge in [-0.25, -0.2) is 9.78 Å². The number of aromatic nitrogens is 2. The van der Waals surface area contributed by atoms with E-state index in [1.54, 1.807) is 6.26 Å². The number of nitrogens with one attached hydrogen (secondary N) is 1. The summed E-state index contributed by atoms with van der Waals surface area (Å²) in [6.07, 6.45) is 4.57. The van der Waals surface area contributed by atoms with E-state index in [2.05, 4.69) is 22.0 Å². The van der Waals surface area contributed by atoms with Crippen molar-refractivity contribution in [3.05, 3.63) is 54.6 Å². The molecule has 7 heteroatoms. The summed E-state index contributed by atoms with van der Waals surface area (Å²) in [4.78, 5) is 16.7. The van der Waals surface area contributed by atoms with Gasteiger partial charge >= 0.3 is 6.09 Å². The molecular weight excluding hydrogens is 442 g/mol. The number of carbonyl (C=O) groups is 1. The van der Waals surface area contributed by atoms with Crippen molar-refractivity contribution in [2.45, 2.75) is 59.1 Å². The number of rotatable bonds is 7. The van der Waals surface area contributed by atoms with Crippen LogP contribution in [0.25, 0.3) is 33.4 Å². The first-order valence-electron chi connectivity index (χ1n) is 12.3. The number of hydrogen-bond acceptors (Lipinski definition) is 5. The molecule has 0 saturated heterocycles. The molecule has 1 N–H and O–H groups in total. The standard InChI is InChI=1S/C28H31N3O4/c1-5-33-22-13-14-23-25(15-22)31(21-7-6-8-21)27(26(23)24-16-34-18(4)29-24)19-9-11-20(12-10-19)30-28(32)35-17(2)3/h9-17,21H,5-8H2,1-4H3,(H,30,32). The number of amides is 1. The van der Waals surface area contributed by atoms with Crippen molar-refractivity contribution in [1.82, 2.24) is 9.55 Å². The van der Waals surface area contributed by atoms with E-state index in [1.165, 1.54) is 6.42 Å². The third-order valence-electron chi connectivity index (χ3n) is 6.35. The Morgan fingerprint density at radius 2 is 1.97 bits per heavy atom. The van der Waals surface area contributed by atoms with E-state index >= 15 is 0 Å². The number of anilines is 1. The monoisotopic (exact) mass is 473 g/mol. The first-order valence-corrected chi connectivity index (χ1v) is 12.3. The molecule has 1 aliphatic rings. The number of benzene rings is 2. The van der Waals surface area contributed by atoms with E-state index in [4.69, 9.17) is 18.9 Å². The predicted octanol–water partition coefficient (Wildman–Crippen LogP) is 7.35. The molecule has 1 aliphatic carbocycles. The van der Waals surface area contributed by atoms with Crippen LogP contribution in [-0.4, -0.2) is 28.4 Å². The number of oxazole rings is 1. The molecule has 4 aromatic rings. The van der Waals surface area contributed by atoms with Gasteiger partial charge in [0.05, 0.1) is 23.9 Å². The number of nitrogens with zero attached hydrogens (tertiary/aromatic N) is 2. The molecule has 2 heterocycles. The molecule has 0 unspecified atom stereocenters. The highest BCUT2D eigenvalue weighted by Crippen LogP contribution is 2.47. The normalized spacial score (nSPS) is 13.7. The Balaban J connectivity index is 1.66. The van der Waals surface area contributed by atoms with Crippen LogP contribution in [0.3, 0.4) is 0 Å². The molecule has 35 heavy (non-hydrogen) atoms. The summed E-state index contributed by atoms with van der Waals surface area (Å²) in [5, 5.41) is 3.91. The van der Waals surface area contributed by atoms with Crippen LogP contribution in [-0.2, 0) is 4.74 Å². The maximum Gasteiger partial charge on any atom is 0.411 e. The fourth-order valence-corrected chi connectivity index (χ4v) is 4.67. The second-order valence-corrected chi connectivity index (χ2v) is 9.20. The summed E-state index contributed by atoms with van der Waals surface area (Å²) in [7, 11) is 0. The van der Waals surface area contributed by atoms with Crippen molar-refractivity contribution in [2.75, 3.05) is 11.9 Å². The molecule has 182 valence electrons. The van der Waals surface area contributed by atoms with E-state index in [0.717, 1.165) is 52.0 Å². The molecule has 7 nitrogen and oxygen atoms in total. The van der Waals surface area contributed by atoms with Crippen LogP contribution < -0.4 is 10.1 Å². The zero-order valence-corrected chi connectivity index (χ0v) is 20.6. The van der Waals surface area contributed by atoms with Gasteiger partial charge in [0.2, 0.25) is 0 Å². The van der Waals surface area contributed by atoms with E-state index in [1.807, 2.05) is 58.0 Å². The van der Waals surface area contributed by atoms with Crippen LogP contribution in [0.4, 0.5) is 10.5 Å². The Bertz CT molecular complexity index is 1350. The Kier molecular flexibility index (Phi) is 6.24. The highest BCUT2D eigenvalue weighted by molar-refractivity contribution is 6.04. The molecule has 0 aliphatic heterocycles. The average molecular weight is 474 g/mol. The largest absolute Gasteiger partial charge is 0.494 e. The predicted molar refractivity (Wildman–Crippen MR) is 137 cm³/mol. The SMILES string of the molecule is CCOc1ccc2c(-c3coc(C)n3)c(-c3ccc(NC(=O)OC(C)C)cc3)n(C3CCC3)c2c1. The number of aryl methyl sites for hydroxylation is 1. The van der Waals surface area contributed by atoms with Gasteiger partial charge in [0.25, 0.3) is 0 Å². The minimum absolute atomic E-state index is 0.178. The first-order chi connectivity index (χ1) is 16.9. The number of hydrogen-bond donors (Lipinski definition) is 1. The molecular formula is C28H31N3O4. The van der Waals surface area contributed by atoms with Gasteiger partial charge in [-0.15, -0.1) is 0 Å². The third kappa shape index (κ3) is 4.50. The second-order valence-electron chi connectivity index (χ2n) is 9.20. The lowest BCUT2D eigenvalue weighted by molar-refractivity contribution is 0.130. The lowest BCUT2D eigenvalue weighted by Crippen LogP contribution is -2.18. The Morgan fingerprint density at radius 3 is 2.57 bits per heavy atom. The average Bonchev–Trinajstić information content (AvgIpc) is 3.34. The summed E-state index contributed by atoms with van der Waals surface area (Å²) in [5.74, 6) is 1.49. The first kappa shape index (κ1) is 23.0. The minimum Gasteiger partial charge on any atom is -0.494 e. The van der Waals surface area contributed by atoms with Gasteiger partial charge in [-0.1, -0.05) is 12.1 Å². The summed E-state index contributed by atoms with van der Waals surface area (Å²) >= 11 is 0. The van der Waals surface area contributed by atoms with Crippen molar-refractivity contribution < 1.29 is 18.7 Å². The van der Waals surface area contributed by atoms with Crippen LogP contribution in [0.15, 0.2) is 53.1 Å². The molecule has 1 amide bonds. The zero-order valence-electron chi connectivity index (χ0n) is 20.6. The Labute approximate surface area is 205 Å². The summed E-state index contributed by atoms with van der Waals surface area (Å²) in [5.41, 5.74) is 5.82. The van der Waals surface area contributed by atoms with Gasteiger partial charge in [-0.05, 0) is 69.9 Å². The van der Waals surface area contributed by atoms with Gasteiger partial charge in [0, 0.05) is 35.7 Å². The summed E-state index contributed by atoms with van der Waals surface area (Å²) < 4.78 is 19.1. The van der Waals surface area contributed by atoms with Gasteiger partial charge < -0.3 is 18.5 Å². The number of carbonyl (C=O) groups excluding carboxylic acids is 1. The molecule has 0 spiro atoms. The Hall–Kier alpha value is -3.74. The van der Waals surface area contributed by atoms with Crippen LogP contribution in [0.5, 0.6) is 5.75 Å². The fraction of sp³-hybridized carbons (Fsp3) is 0.357. The quantitative estimate of drug-likeness (QED) is 0.303. The molecule has 0 radical (unpaired) electrons. The zero-order chi connectivity index (χ0) is 24.5. The smallest absolute Gasteiger partial charge is 0.411 e. The lowest BCUT2D eigenvalue weighted by atomic mass is 9.92. The van der Waals surface area contributed by atoms with Crippen molar-refractivity contribution in [2.24, 2.45) is 0 Å². The molecule has 1 saturated carbocycles. The highest BCUT2D eigenvalue weighted by atomic mass is 16.6. The van der Waals surface area contributed by atoms with Crippen molar-refractivity contribution in [3.8, 4) is 28.3 Å². The summed E-state index contributed by atoms with van der Waals surface area (Å²) in [6.45, 7) is 8.12. The van der Waals surface area contributed by atoms with Crippen LogP contribution in [0.1, 0.15) is 52.0 Å². The topological polar surface area (TPSA) is 78.5 Å². The van der Waals surface area contributed by atoms with Gasteiger partial charge in [-0.2, -0.15) is 0 Å². The van der Waals surface area contributed by atoms with Gasteiger partial charge in [0.1, 0.15) is 17.7 Å². The molecule has 2 aromatic carbocycles. The van der Waals surface area contributed by atoms with E-state index in [-0.39, 0.29) is 6.10 Å². The van der Waals surface area contributed by atoms with Gasteiger partial charge in [-0.3, -0.25) is 5.32 Å².